The number of hydrogen-bond donors (Lipinski definition) is 1. The van der Waals surface area contributed by atoms with Gasteiger partial charge in [-0.3, -0.25) is 0 Å². The van der Waals surface area contributed by atoms with Crippen molar-refractivity contribution in [2.45, 2.75) is 32.1 Å². The number of nitrogens with two attached hydrogens (primary N) is 1. The highest BCUT2D eigenvalue weighted by Gasteiger charge is 2.11. The molecule has 2 aromatic rings. The van der Waals surface area contributed by atoms with Crippen molar-refractivity contribution in [3.63, 3.8) is 0 Å². The standard InChI is InChI=1S/C12H17N5S/c1-4-5-18-10-7-14-17(11(10)13)12-15-8(2)6-9(3)16-12/h6-7H,4-5,13H2,1-3H3. The largest absolute Gasteiger partial charge is 0.383 e. The highest BCUT2D eigenvalue weighted by Crippen LogP contribution is 2.26. The molecule has 0 spiro atoms. The molecule has 0 atom stereocenters. The minimum Gasteiger partial charge on any atom is -0.383 e. The quantitative estimate of drug-likeness (QED) is 0.857. The molecular formula is C12H17N5S. The van der Waals surface area contributed by atoms with E-state index in [1.54, 1.807) is 22.6 Å². The molecule has 0 amide bonds. The Morgan fingerprint density at radius 2 is 1.94 bits per heavy atom. The number of anilines is 1. The molecule has 96 valence electrons. The third-order valence-corrected chi connectivity index (χ3v) is 3.63. The molecule has 0 fully saturated rings. The zero-order valence-corrected chi connectivity index (χ0v) is 11.7. The predicted octanol–water partition coefficient (Wildman–Crippen LogP) is 2.36. The van der Waals surface area contributed by atoms with Crippen LogP contribution < -0.4 is 5.73 Å². The Kier molecular flexibility index (Phi) is 3.86. The fraction of sp³-hybridized carbons (Fsp3) is 0.417. The normalized spacial score (nSPS) is 10.8. The maximum absolute atomic E-state index is 6.08. The fourth-order valence-corrected chi connectivity index (χ4v) is 2.41. The molecule has 2 heterocycles. The smallest absolute Gasteiger partial charge is 0.252 e. The minimum atomic E-state index is 0.536. The van der Waals surface area contributed by atoms with Crippen molar-refractivity contribution in [1.29, 1.82) is 0 Å². The van der Waals surface area contributed by atoms with Gasteiger partial charge < -0.3 is 5.73 Å². The molecule has 2 N–H and O–H groups in total. The van der Waals surface area contributed by atoms with Crippen molar-refractivity contribution in [3.05, 3.63) is 23.7 Å². The van der Waals surface area contributed by atoms with Gasteiger partial charge in [-0.25, -0.2) is 9.97 Å². The van der Waals surface area contributed by atoms with Gasteiger partial charge in [-0.05, 0) is 32.1 Å². The molecule has 0 bridgehead atoms. The van der Waals surface area contributed by atoms with E-state index < -0.39 is 0 Å². The van der Waals surface area contributed by atoms with Crippen molar-refractivity contribution < 1.29 is 0 Å². The van der Waals surface area contributed by atoms with Crippen molar-refractivity contribution in [3.8, 4) is 5.95 Å². The van der Waals surface area contributed by atoms with Gasteiger partial charge in [0.05, 0.1) is 11.1 Å². The summed E-state index contributed by atoms with van der Waals surface area (Å²) in [6.07, 6.45) is 2.88. The number of aryl methyl sites for hydroxylation is 2. The molecule has 0 saturated heterocycles. The first-order chi connectivity index (χ1) is 8.61. The lowest BCUT2D eigenvalue weighted by atomic mass is 10.4. The second kappa shape index (κ2) is 5.39. The number of nitrogen functional groups attached to an aromatic ring is 1. The zero-order chi connectivity index (χ0) is 13.1. The molecule has 0 saturated carbocycles. The van der Waals surface area contributed by atoms with Gasteiger partial charge in [0.15, 0.2) is 0 Å². The van der Waals surface area contributed by atoms with Crippen LogP contribution in [0.4, 0.5) is 5.82 Å². The molecule has 0 aliphatic rings. The maximum Gasteiger partial charge on any atom is 0.252 e. The third-order valence-electron chi connectivity index (χ3n) is 2.39. The summed E-state index contributed by atoms with van der Waals surface area (Å²) in [5, 5.41) is 4.27. The van der Waals surface area contributed by atoms with E-state index in [4.69, 9.17) is 5.73 Å². The Morgan fingerprint density at radius 1 is 1.28 bits per heavy atom. The average molecular weight is 263 g/mol. The summed E-state index contributed by atoms with van der Waals surface area (Å²) in [7, 11) is 0. The van der Waals surface area contributed by atoms with Gasteiger partial charge >= 0.3 is 0 Å². The van der Waals surface area contributed by atoms with Crippen LogP contribution in [0.25, 0.3) is 5.95 Å². The van der Waals surface area contributed by atoms with Gasteiger partial charge in [0.1, 0.15) is 5.82 Å². The first-order valence-electron chi connectivity index (χ1n) is 5.90. The van der Waals surface area contributed by atoms with Crippen LogP contribution in [0.1, 0.15) is 24.7 Å². The molecule has 0 aliphatic carbocycles. The fourth-order valence-electron chi connectivity index (χ4n) is 1.63. The Hall–Kier alpha value is -1.56. The Labute approximate surface area is 111 Å². The summed E-state index contributed by atoms with van der Waals surface area (Å²) in [4.78, 5) is 9.70. The Balaban J connectivity index is 2.36. The summed E-state index contributed by atoms with van der Waals surface area (Å²) in [6, 6.07) is 1.93. The van der Waals surface area contributed by atoms with Crippen molar-refractivity contribution in [2.24, 2.45) is 0 Å². The zero-order valence-electron chi connectivity index (χ0n) is 10.8. The van der Waals surface area contributed by atoms with E-state index in [-0.39, 0.29) is 0 Å². The molecule has 0 unspecified atom stereocenters. The lowest BCUT2D eigenvalue weighted by molar-refractivity contribution is 0.802. The maximum atomic E-state index is 6.08. The van der Waals surface area contributed by atoms with Crippen LogP contribution in [0.2, 0.25) is 0 Å². The van der Waals surface area contributed by atoms with E-state index in [0.29, 0.717) is 11.8 Å². The van der Waals surface area contributed by atoms with Crippen LogP contribution in [0, 0.1) is 13.8 Å². The van der Waals surface area contributed by atoms with E-state index >= 15 is 0 Å². The van der Waals surface area contributed by atoms with E-state index in [2.05, 4.69) is 22.0 Å². The van der Waals surface area contributed by atoms with Crippen LogP contribution in [-0.2, 0) is 0 Å². The van der Waals surface area contributed by atoms with Gasteiger partial charge in [-0.15, -0.1) is 11.8 Å². The van der Waals surface area contributed by atoms with Crippen molar-refractivity contribution >= 4 is 17.6 Å². The minimum absolute atomic E-state index is 0.536. The van der Waals surface area contributed by atoms with Crippen LogP contribution in [0.15, 0.2) is 17.2 Å². The summed E-state index contributed by atoms with van der Waals surface area (Å²) in [5.41, 5.74) is 7.90. The van der Waals surface area contributed by atoms with Crippen LogP contribution >= 0.6 is 11.8 Å². The summed E-state index contributed by atoms with van der Waals surface area (Å²) in [5.74, 6) is 2.18. The first-order valence-corrected chi connectivity index (χ1v) is 6.89. The SMILES string of the molecule is CCCSc1cnn(-c2nc(C)cc(C)n2)c1N. The lowest BCUT2D eigenvalue weighted by Crippen LogP contribution is -2.08. The molecule has 2 rings (SSSR count). The second-order valence-electron chi connectivity index (χ2n) is 4.11. The van der Waals surface area contributed by atoms with Gasteiger partial charge in [0.2, 0.25) is 0 Å². The van der Waals surface area contributed by atoms with Crippen molar-refractivity contribution in [1.82, 2.24) is 19.7 Å². The van der Waals surface area contributed by atoms with Crippen LogP contribution in [0.3, 0.4) is 0 Å². The van der Waals surface area contributed by atoms with E-state index in [9.17, 15) is 0 Å². The van der Waals surface area contributed by atoms with E-state index in [1.807, 2.05) is 19.9 Å². The molecule has 5 nitrogen and oxygen atoms in total. The van der Waals surface area contributed by atoms with Crippen LogP contribution in [-0.4, -0.2) is 25.5 Å². The molecule has 0 aromatic carbocycles. The predicted molar refractivity (Wildman–Crippen MR) is 74.1 cm³/mol. The lowest BCUT2D eigenvalue weighted by Gasteiger charge is -2.05. The topological polar surface area (TPSA) is 69.6 Å². The molecular weight excluding hydrogens is 246 g/mol. The van der Waals surface area contributed by atoms with Gasteiger partial charge in [-0.2, -0.15) is 9.78 Å². The van der Waals surface area contributed by atoms with E-state index in [1.165, 1.54) is 0 Å². The number of thioether (sulfide) groups is 1. The van der Waals surface area contributed by atoms with E-state index in [0.717, 1.165) is 28.5 Å². The highest BCUT2D eigenvalue weighted by molar-refractivity contribution is 7.99. The number of nitrogens with zero attached hydrogens (tertiary/aromatic N) is 4. The molecule has 0 radical (unpaired) electrons. The van der Waals surface area contributed by atoms with Gasteiger partial charge in [-0.1, -0.05) is 6.92 Å². The summed E-state index contributed by atoms with van der Waals surface area (Å²) in [6.45, 7) is 6.01. The summed E-state index contributed by atoms with van der Waals surface area (Å²) < 4.78 is 1.60. The average Bonchev–Trinajstić information content (AvgIpc) is 2.67. The number of hydrogen-bond acceptors (Lipinski definition) is 5. The third kappa shape index (κ3) is 2.64. The first kappa shape index (κ1) is 12.9. The molecule has 6 heteroatoms. The number of aromatic nitrogens is 4. The van der Waals surface area contributed by atoms with Gasteiger partial charge in [0.25, 0.3) is 5.95 Å². The summed E-state index contributed by atoms with van der Waals surface area (Å²) >= 11 is 1.71. The molecule has 2 aromatic heterocycles. The molecule has 18 heavy (non-hydrogen) atoms. The monoisotopic (exact) mass is 263 g/mol. The van der Waals surface area contributed by atoms with Crippen molar-refractivity contribution in [2.75, 3.05) is 11.5 Å². The van der Waals surface area contributed by atoms with Gasteiger partial charge in [0, 0.05) is 11.4 Å². The highest BCUT2D eigenvalue weighted by atomic mass is 32.2. The number of rotatable bonds is 4. The Bertz CT molecular complexity index is 529. The second-order valence-corrected chi connectivity index (χ2v) is 5.24. The van der Waals surface area contributed by atoms with Crippen LogP contribution in [0.5, 0.6) is 0 Å². The molecule has 0 aliphatic heterocycles. The Morgan fingerprint density at radius 3 is 2.56 bits per heavy atom.